The van der Waals surface area contributed by atoms with Crippen LogP contribution in [0, 0.1) is 0 Å². The first-order valence-corrected chi connectivity index (χ1v) is 8.24. The summed E-state index contributed by atoms with van der Waals surface area (Å²) in [6.07, 6.45) is -4.34. The molecule has 0 fully saturated rings. The quantitative estimate of drug-likeness (QED) is 0.807. The van der Waals surface area contributed by atoms with Crippen molar-refractivity contribution in [1.29, 1.82) is 0 Å². The molecule has 0 aliphatic heterocycles. The molecule has 1 heterocycles. The summed E-state index contributed by atoms with van der Waals surface area (Å²) in [5, 5.41) is 6.96. The molecule has 0 atom stereocenters. The molecule has 7 heteroatoms. The van der Waals surface area contributed by atoms with Crippen molar-refractivity contribution >= 4 is 11.5 Å². The fourth-order valence-corrected chi connectivity index (χ4v) is 2.30. The van der Waals surface area contributed by atoms with Crippen LogP contribution in [0.2, 0.25) is 0 Å². The van der Waals surface area contributed by atoms with E-state index in [0.29, 0.717) is 11.4 Å². The van der Waals surface area contributed by atoms with Crippen molar-refractivity contribution in [3.05, 3.63) is 47.3 Å². The molecular formula is C19H23F3N2O2. The maximum Gasteiger partial charge on any atom is 0.416 e. The van der Waals surface area contributed by atoms with Gasteiger partial charge in [0, 0.05) is 17.2 Å². The molecule has 0 amide bonds. The Morgan fingerprint density at radius 3 is 2.12 bits per heavy atom. The van der Waals surface area contributed by atoms with Crippen molar-refractivity contribution < 1.29 is 22.5 Å². The number of anilines is 1. The van der Waals surface area contributed by atoms with E-state index in [1.54, 1.807) is 19.9 Å². The predicted octanol–water partition coefficient (Wildman–Crippen LogP) is 4.99. The molecule has 0 bridgehead atoms. The minimum atomic E-state index is -4.39. The standard InChI is InChI=1S/C19H23F3N2O2/c1-17(2,3)15-10-14(26-24-15)11-16(25)18(4,5)23-13-8-6-12(7-9-13)19(20,21)22/h6-10,23H,11H2,1-5H3. The van der Waals surface area contributed by atoms with E-state index < -0.39 is 17.3 Å². The zero-order chi connectivity index (χ0) is 19.8. The summed E-state index contributed by atoms with van der Waals surface area (Å²) < 4.78 is 43.1. The highest BCUT2D eigenvalue weighted by atomic mass is 19.4. The van der Waals surface area contributed by atoms with Crippen LogP contribution in [0.15, 0.2) is 34.9 Å². The average molecular weight is 368 g/mol. The van der Waals surface area contributed by atoms with Gasteiger partial charge >= 0.3 is 6.18 Å². The first-order valence-electron chi connectivity index (χ1n) is 8.24. The van der Waals surface area contributed by atoms with E-state index >= 15 is 0 Å². The van der Waals surface area contributed by atoms with Crippen molar-refractivity contribution in [2.75, 3.05) is 5.32 Å². The first-order chi connectivity index (χ1) is 11.8. The van der Waals surface area contributed by atoms with Crippen molar-refractivity contribution in [3.8, 4) is 0 Å². The Morgan fingerprint density at radius 1 is 1.08 bits per heavy atom. The Balaban J connectivity index is 2.07. The van der Waals surface area contributed by atoms with Crippen LogP contribution in [0.5, 0.6) is 0 Å². The largest absolute Gasteiger partial charge is 0.416 e. The van der Waals surface area contributed by atoms with Gasteiger partial charge in [0.25, 0.3) is 0 Å². The number of hydrogen-bond donors (Lipinski definition) is 1. The predicted molar refractivity (Wildman–Crippen MR) is 93.1 cm³/mol. The Bertz CT molecular complexity index is 769. The second-order valence-corrected chi connectivity index (χ2v) is 7.85. The molecule has 1 aromatic heterocycles. The number of nitrogens with zero attached hydrogens (tertiary/aromatic N) is 1. The molecule has 0 saturated heterocycles. The molecule has 2 aromatic rings. The van der Waals surface area contributed by atoms with E-state index in [4.69, 9.17) is 4.52 Å². The molecule has 0 aliphatic carbocycles. The lowest BCUT2D eigenvalue weighted by molar-refractivity contribution is -0.137. The highest BCUT2D eigenvalue weighted by molar-refractivity contribution is 5.91. The number of carbonyl (C=O) groups is 1. The number of alkyl halides is 3. The molecule has 0 unspecified atom stereocenters. The third-order valence-electron chi connectivity index (χ3n) is 4.03. The Labute approximate surface area is 150 Å². The van der Waals surface area contributed by atoms with E-state index in [2.05, 4.69) is 10.5 Å². The maximum absolute atomic E-state index is 12.6. The molecule has 1 N–H and O–H groups in total. The lowest BCUT2D eigenvalue weighted by atomic mass is 9.91. The summed E-state index contributed by atoms with van der Waals surface area (Å²) in [7, 11) is 0. The third-order valence-corrected chi connectivity index (χ3v) is 4.03. The number of hydrogen-bond acceptors (Lipinski definition) is 4. The Morgan fingerprint density at radius 2 is 1.65 bits per heavy atom. The smallest absolute Gasteiger partial charge is 0.373 e. The van der Waals surface area contributed by atoms with Crippen LogP contribution in [-0.4, -0.2) is 16.5 Å². The molecule has 1 aromatic carbocycles. The van der Waals surface area contributed by atoms with Crippen LogP contribution in [0.3, 0.4) is 0 Å². The van der Waals surface area contributed by atoms with Crippen LogP contribution >= 0.6 is 0 Å². The summed E-state index contributed by atoms with van der Waals surface area (Å²) in [6.45, 7) is 9.33. The monoisotopic (exact) mass is 368 g/mol. The topological polar surface area (TPSA) is 55.1 Å². The van der Waals surface area contributed by atoms with E-state index in [-0.39, 0.29) is 17.6 Å². The third kappa shape index (κ3) is 4.86. The highest BCUT2D eigenvalue weighted by Gasteiger charge is 2.31. The van der Waals surface area contributed by atoms with Crippen molar-refractivity contribution in [2.45, 2.75) is 58.2 Å². The van der Waals surface area contributed by atoms with Gasteiger partial charge in [-0.15, -0.1) is 0 Å². The number of carbonyl (C=O) groups excluding carboxylic acids is 1. The van der Waals surface area contributed by atoms with Crippen molar-refractivity contribution in [1.82, 2.24) is 5.16 Å². The van der Waals surface area contributed by atoms with Crippen molar-refractivity contribution in [2.24, 2.45) is 0 Å². The summed E-state index contributed by atoms with van der Waals surface area (Å²) >= 11 is 0. The minimum Gasteiger partial charge on any atom is -0.373 e. The van der Waals surface area contributed by atoms with Gasteiger partial charge in [-0.05, 0) is 38.1 Å². The van der Waals surface area contributed by atoms with Crippen molar-refractivity contribution in [3.63, 3.8) is 0 Å². The fraction of sp³-hybridized carbons (Fsp3) is 0.474. The maximum atomic E-state index is 12.6. The number of nitrogens with one attached hydrogen (secondary N) is 1. The van der Waals surface area contributed by atoms with Gasteiger partial charge in [-0.3, -0.25) is 4.79 Å². The van der Waals surface area contributed by atoms with E-state index in [0.717, 1.165) is 17.8 Å². The zero-order valence-corrected chi connectivity index (χ0v) is 15.5. The van der Waals surface area contributed by atoms with E-state index in [9.17, 15) is 18.0 Å². The summed E-state index contributed by atoms with van der Waals surface area (Å²) in [4.78, 5) is 12.6. The summed E-state index contributed by atoms with van der Waals surface area (Å²) in [5.41, 5.74) is -0.700. The summed E-state index contributed by atoms with van der Waals surface area (Å²) in [5.74, 6) is 0.302. The first kappa shape index (κ1) is 20.0. The van der Waals surface area contributed by atoms with Gasteiger partial charge < -0.3 is 9.84 Å². The number of halogens is 3. The van der Waals surface area contributed by atoms with Gasteiger partial charge in [0.05, 0.1) is 23.2 Å². The second-order valence-electron chi connectivity index (χ2n) is 7.85. The van der Waals surface area contributed by atoms with Gasteiger partial charge in [0.2, 0.25) is 0 Å². The lowest BCUT2D eigenvalue weighted by Gasteiger charge is -2.26. The van der Waals surface area contributed by atoms with Crippen LogP contribution in [0.4, 0.5) is 18.9 Å². The van der Waals surface area contributed by atoms with E-state index in [1.165, 1.54) is 12.1 Å². The van der Waals surface area contributed by atoms with Crippen LogP contribution in [0.1, 0.15) is 51.6 Å². The Hall–Kier alpha value is -2.31. The minimum absolute atomic E-state index is 0.0454. The molecule has 4 nitrogen and oxygen atoms in total. The number of benzene rings is 1. The van der Waals surface area contributed by atoms with Gasteiger partial charge in [-0.2, -0.15) is 13.2 Å². The van der Waals surface area contributed by atoms with Crippen LogP contribution in [0.25, 0.3) is 0 Å². The number of aromatic nitrogens is 1. The molecule has 26 heavy (non-hydrogen) atoms. The molecular weight excluding hydrogens is 345 g/mol. The number of rotatable bonds is 5. The highest BCUT2D eigenvalue weighted by Crippen LogP contribution is 2.30. The average Bonchev–Trinajstić information content (AvgIpc) is 2.95. The molecule has 0 aliphatic rings. The molecule has 142 valence electrons. The molecule has 2 rings (SSSR count). The fourth-order valence-electron chi connectivity index (χ4n) is 2.30. The molecule has 0 spiro atoms. The van der Waals surface area contributed by atoms with E-state index in [1.807, 2.05) is 20.8 Å². The number of ketones is 1. The van der Waals surface area contributed by atoms with Crippen LogP contribution < -0.4 is 5.32 Å². The van der Waals surface area contributed by atoms with Gasteiger partial charge in [-0.1, -0.05) is 25.9 Å². The second kappa shape index (κ2) is 6.78. The van der Waals surface area contributed by atoms with Crippen LogP contribution in [-0.2, 0) is 22.8 Å². The van der Waals surface area contributed by atoms with Gasteiger partial charge in [0.15, 0.2) is 5.78 Å². The van der Waals surface area contributed by atoms with Gasteiger partial charge in [0.1, 0.15) is 5.76 Å². The van der Waals surface area contributed by atoms with Gasteiger partial charge in [-0.25, -0.2) is 0 Å². The molecule has 0 saturated carbocycles. The summed E-state index contributed by atoms with van der Waals surface area (Å²) in [6, 6.07) is 6.34. The lowest BCUT2D eigenvalue weighted by Crippen LogP contribution is -2.41. The Kier molecular flexibility index (Phi) is 5.21. The zero-order valence-electron chi connectivity index (χ0n) is 15.5. The normalized spacial score (nSPS) is 12.9. The molecule has 0 radical (unpaired) electrons. The SMILES string of the molecule is CC(C)(Nc1ccc(C(F)(F)F)cc1)C(=O)Cc1cc(C(C)(C)C)no1. The number of Topliss-reactive ketones (excluding diaryl/α,β-unsaturated/α-hetero) is 1.